The molecule has 0 saturated heterocycles. The molecule has 26 heavy (non-hydrogen) atoms. The van der Waals surface area contributed by atoms with E-state index < -0.39 is 44.3 Å². The number of carbonyl (C=O) groups excluding carboxylic acids is 4. The second kappa shape index (κ2) is 7.20. The van der Waals surface area contributed by atoms with Gasteiger partial charge in [0.15, 0.2) is 11.6 Å². The SMILES string of the molecule is O=C1C(Cl)=C(C(=O)c2ccccc2)C(=O)C(Cl)=C1C(=O)c1ccccc1. The van der Waals surface area contributed by atoms with Crippen LogP contribution in [-0.4, -0.2) is 23.1 Å². The molecule has 128 valence electrons. The summed E-state index contributed by atoms with van der Waals surface area (Å²) < 4.78 is 0. The molecule has 0 heterocycles. The molecule has 6 heteroatoms. The minimum absolute atomic E-state index is 0.184. The summed E-state index contributed by atoms with van der Waals surface area (Å²) in [6.45, 7) is 0. The highest BCUT2D eigenvalue weighted by molar-refractivity contribution is 6.63. The number of ketones is 4. The van der Waals surface area contributed by atoms with Crippen LogP contribution in [0.1, 0.15) is 20.7 Å². The van der Waals surface area contributed by atoms with Crippen molar-refractivity contribution in [3.63, 3.8) is 0 Å². The third kappa shape index (κ3) is 3.05. The van der Waals surface area contributed by atoms with Crippen LogP contribution in [0, 0.1) is 0 Å². The number of hydrogen-bond acceptors (Lipinski definition) is 4. The van der Waals surface area contributed by atoms with Gasteiger partial charge in [-0.3, -0.25) is 19.2 Å². The molecule has 2 aromatic carbocycles. The Kier molecular flexibility index (Phi) is 4.98. The van der Waals surface area contributed by atoms with Crippen molar-refractivity contribution in [2.75, 3.05) is 0 Å². The minimum atomic E-state index is -0.940. The third-order valence-corrected chi connectivity index (χ3v) is 4.54. The van der Waals surface area contributed by atoms with Gasteiger partial charge in [0.1, 0.15) is 10.1 Å². The molecule has 0 spiro atoms. The lowest BCUT2D eigenvalue weighted by Gasteiger charge is -2.16. The molecule has 0 unspecified atom stereocenters. The summed E-state index contributed by atoms with van der Waals surface area (Å²) in [4.78, 5) is 50.3. The van der Waals surface area contributed by atoms with Crippen LogP contribution in [0.5, 0.6) is 0 Å². The maximum Gasteiger partial charge on any atom is 0.210 e. The highest BCUT2D eigenvalue weighted by Crippen LogP contribution is 2.32. The summed E-state index contributed by atoms with van der Waals surface area (Å²) in [6, 6.07) is 15.8. The molecule has 2 aromatic rings. The van der Waals surface area contributed by atoms with Crippen LogP contribution in [0.2, 0.25) is 0 Å². The first-order valence-electron chi connectivity index (χ1n) is 7.52. The molecule has 0 bridgehead atoms. The minimum Gasteiger partial charge on any atom is -0.288 e. The molecule has 0 fully saturated rings. The monoisotopic (exact) mass is 384 g/mol. The molecule has 1 aliphatic carbocycles. The number of halogens is 2. The van der Waals surface area contributed by atoms with Crippen molar-refractivity contribution in [2.24, 2.45) is 0 Å². The lowest BCUT2D eigenvalue weighted by Crippen LogP contribution is -2.28. The van der Waals surface area contributed by atoms with Crippen LogP contribution in [0.4, 0.5) is 0 Å². The average Bonchev–Trinajstić information content (AvgIpc) is 2.68. The predicted molar refractivity (Wildman–Crippen MR) is 97.3 cm³/mol. The van der Waals surface area contributed by atoms with E-state index in [9.17, 15) is 19.2 Å². The zero-order valence-corrected chi connectivity index (χ0v) is 14.7. The van der Waals surface area contributed by atoms with Crippen molar-refractivity contribution in [2.45, 2.75) is 0 Å². The summed E-state index contributed by atoms with van der Waals surface area (Å²) in [5, 5.41) is -1.21. The number of hydrogen-bond donors (Lipinski definition) is 0. The van der Waals surface area contributed by atoms with Crippen LogP contribution >= 0.6 is 23.2 Å². The van der Waals surface area contributed by atoms with E-state index >= 15 is 0 Å². The van der Waals surface area contributed by atoms with E-state index in [0.717, 1.165) is 0 Å². The fourth-order valence-corrected chi connectivity index (χ4v) is 3.05. The maximum absolute atomic E-state index is 12.6. The smallest absolute Gasteiger partial charge is 0.210 e. The van der Waals surface area contributed by atoms with Gasteiger partial charge in [0.05, 0.1) is 11.1 Å². The second-order valence-electron chi connectivity index (χ2n) is 5.43. The normalized spacial score (nSPS) is 14.7. The van der Waals surface area contributed by atoms with Crippen molar-refractivity contribution in [1.82, 2.24) is 0 Å². The lowest BCUT2D eigenvalue weighted by molar-refractivity contribution is -0.115. The van der Waals surface area contributed by atoms with E-state index in [-0.39, 0.29) is 11.1 Å². The molecule has 4 nitrogen and oxygen atoms in total. The van der Waals surface area contributed by atoms with Crippen LogP contribution in [0.15, 0.2) is 81.9 Å². The quantitative estimate of drug-likeness (QED) is 0.455. The molecule has 0 radical (unpaired) electrons. The first-order chi connectivity index (χ1) is 12.4. The number of benzene rings is 2. The fourth-order valence-electron chi connectivity index (χ4n) is 2.52. The van der Waals surface area contributed by atoms with Gasteiger partial charge in [-0.05, 0) is 0 Å². The van der Waals surface area contributed by atoms with Crippen molar-refractivity contribution in [3.8, 4) is 0 Å². The van der Waals surface area contributed by atoms with Gasteiger partial charge in [0.25, 0.3) is 0 Å². The van der Waals surface area contributed by atoms with Gasteiger partial charge >= 0.3 is 0 Å². The molecule has 3 rings (SSSR count). The number of allylic oxidation sites excluding steroid dienone is 4. The molecule has 0 atom stereocenters. The summed E-state index contributed by atoms with van der Waals surface area (Å²) in [5.74, 6) is -3.33. The lowest BCUT2D eigenvalue weighted by atomic mass is 9.88. The predicted octanol–water partition coefficient (Wildman–Crippen LogP) is 3.89. The Balaban J connectivity index is 2.06. The van der Waals surface area contributed by atoms with Gasteiger partial charge in [-0.25, -0.2) is 0 Å². The number of Topliss-reactive ketones (excluding diaryl/α,β-unsaturated/α-hetero) is 4. The summed E-state index contributed by atoms with van der Waals surface area (Å²) >= 11 is 12.0. The van der Waals surface area contributed by atoms with Crippen LogP contribution in [0.25, 0.3) is 0 Å². The van der Waals surface area contributed by atoms with E-state index in [2.05, 4.69) is 0 Å². The Hall–Kier alpha value is -2.82. The second-order valence-corrected chi connectivity index (χ2v) is 6.18. The highest BCUT2D eigenvalue weighted by Gasteiger charge is 2.39. The molecule has 1 aliphatic rings. The van der Waals surface area contributed by atoms with Gasteiger partial charge in [0, 0.05) is 11.1 Å². The van der Waals surface area contributed by atoms with Gasteiger partial charge in [-0.2, -0.15) is 0 Å². The van der Waals surface area contributed by atoms with Crippen LogP contribution < -0.4 is 0 Å². The van der Waals surface area contributed by atoms with Crippen molar-refractivity contribution < 1.29 is 19.2 Å². The molecule has 0 N–H and O–H groups in total. The molecule has 0 amide bonds. The van der Waals surface area contributed by atoms with Crippen LogP contribution in [-0.2, 0) is 9.59 Å². The zero-order valence-electron chi connectivity index (χ0n) is 13.2. The summed E-state index contributed by atoms with van der Waals surface area (Å²) in [7, 11) is 0. The first-order valence-corrected chi connectivity index (χ1v) is 8.27. The van der Waals surface area contributed by atoms with Gasteiger partial charge < -0.3 is 0 Å². The average molecular weight is 385 g/mol. The molecule has 0 aromatic heterocycles. The topological polar surface area (TPSA) is 68.3 Å². The molecular weight excluding hydrogens is 375 g/mol. The molecule has 0 saturated carbocycles. The molecular formula is C20H10Cl2O4. The van der Waals surface area contributed by atoms with E-state index in [0.29, 0.717) is 0 Å². The van der Waals surface area contributed by atoms with Crippen LogP contribution in [0.3, 0.4) is 0 Å². The standard InChI is InChI=1S/C20H10Cl2O4/c21-15-13(17(23)11-7-3-1-4-8-11)19(25)16(22)14(20(15)26)18(24)12-9-5-2-6-10-12/h1-10H. The Bertz CT molecular complexity index is 919. The van der Waals surface area contributed by atoms with E-state index in [4.69, 9.17) is 23.2 Å². The summed E-state index contributed by atoms with van der Waals surface area (Å²) in [5.41, 5.74) is -0.692. The zero-order chi connectivity index (χ0) is 18.8. The Morgan fingerprint density at radius 1 is 0.577 bits per heavy atom. The largest absolute Gasteiger partial charge is 0.288 e. The van der Waals surface area contributed by atoms with Crippen molar-refractivity contribution in [1.29, 1.82) is 0 Å². The van der Waals surface area contributed by atoms with E-state index in [1.165, 1.54) is 24.3 Å². The number of rotatable bonds is 4. The highest BCUT2D eigenvalue weighted by atomic mass is 35.5. The Morgan fingerprint density at radius 2 is 0.885 bits per heavy atom. The third-order valence-electron chi connectivity index (χ3n) is 3.82. The molecule has 0 aliphatic heterocycles. The number of carbonyl (C=O) groups is 4. The van der Waals surface area contributed by atoms with Crippen molar-refractivity contribution in [3.05, 3.63) is 93.0 Å². The Labute approximate surface area is 158 Å². The van der Waals surface area contributed by atoms with E-state index in [1.807, 2.05) is 0 Å². The summed E-state index contributed by atoms with van der Waals surface area (Å²) in [6.07, 6.45) is 0. The van der Waals surface area contributed by atoms with Gasteiger partial charge in [-0.15, -0.1) is 0 Å². The van der Waals surface area contributed by atoms with Gasteiger partial charge in [0.2, 0.25) is 11.6 Å². The van der Waals surface area contributed by atoms with Gasteiger partial charge in [-0.1, -0.05) is 83.9 Å². The first kappa shape index (κ1) is 18.0. The maximum atomic E-state index is 12.6. The van der Waals surface area contributed by atoms with E-state index in [1.54, 1.807) is 36.4 Å². The fraction of sp³-hybridized carbons (Fsp3) is 0. The van der Waals surface area contributed by atoms with Crippen molar-refractivity contribution >= 4 is 46.3 Å². The Morgan fingerprint density at radius 3 is 1.19 bits per heavy atom.